The fourth-order valence-corrected chi connectivity index (χ4v) is 1.54. The summed E-state index contributed by atoms with van der Waals surface area (Å²) in [7, 11) is 3.38. The highest BCUT2D eigenvalue weighted by Gasteiger charge is 2.05. The molecule has 0 spiro atoms. The van der Waals surface area contributed by atoms with Gasteiger partial charge in [-0.25, -0.2) is 5.84 Å². The standard InChI is InChI=1S/C10H16N8O/c1-18-7(4-6-13-18)3-5-12-8-14-9(17-11)16-10(15-8)19-2/h4,6H,3,5,11H2,1-2H3,(H2,12,14,15,16,17). The van der Waals surface area contributed by atoms with Crippen molar-refractivity contribution in [3.8, 4) is 6.01 Å². The summed E-state index contributed by atoms with van der Waals surface area (Å²) < 4.78 is 6.78. The Morgan fingerprint density at radius 2 is 2.11 bits per heavy atom. The molecule has 0 fully saturated rings. The van der Waals surface area contributed by atoms with Crippen LogP contribution in [-0.4, -0.2) is 38.4 Å². The van der Waals surface area contributed by atoms with Crippen LogP contribution < -0.4 is 21.3 Å². The Morgan fingerprint density at radius 3 is 2.74 bits per heavy atom. The number of nitrogens with zero attached hydrogens (tertiary/aromatic N) is 5. The number of anilines is 2. The Labute approximate surface area is 110 Å². The summed E-state index contributed by atoms with van der Waals surface area (Å²) in [6.45, 7) is 0.663. The molecule has 0 amide bonds. The summed E-state index contributed by atoms with van der Waals surface area (Å²) in [4.78, 5) is 12.0. The zero-order chi connectivity index (χ0) is 13.7. The smallest absolute Gasteiger partial charge is 0.322 e. The van der Waals surface area contributed by atoms with E-state index in [1.54, 1.807) is 6.20 Å². The lowest BCUT2D eigenvalue weighted by molar-refractivity contribution is 0.379. The second-order valence-corrected chi connectivity index (χ2v) is 3.74. The highest BCUT2D eigenvalue weighted by Crippen LogP contribution is 2.09. The second kappa shape index (κ2) is 5.96. The Hall–Kier alpha value is -2.42. The van der Waals surface area contributed by atoms with Crippen molar-refractivity contribution in [3.63, 3.8) is 0 Å². The minimum atomic E-state index is 0.200. The highest BCUT2D eigenvalue weighted by molar-refractivity contribution is 5.34. The van der Waals surface area contributed by atoms with Crippen molar-refractivity contribution in [3.05, 3.63) is 18.0 Å². The maximum absolute atomic E-state index is 5.27. The SMILES string of the molecule is COc1nc(NN)nc(NCCc2ccnn2C)n1. The summed E-state index contributed by atoms with van der Waals surface area (Å²) in [5, 5.41) is 7.18. The van der Waals surface area contributed by atoms with E-state index in [-0.39, 0.29) is 12.0 Å². The van der Waals surface area contributed by atoms with Crippen LogP contribution in [-0.2, 0) is 13.5 Å². The van der Waals surface area contributed by atoms with Crippen molar-refractivity contribution in [2.75, 3.05) is 24.4 Å². The largest absolute Gasteiger partial charge is 0.467 e. The molecule has 0 aliphatic carbocycles. The zero-order valence-electron chi connectivity index (χ0n) is 10.8. The molecule has 2 aromatic rings. The van der Waals surface area contributed by atoms with E-state index < -0.39 is 0 Å². The average molecular weight is 264 g/mol. The molecule has 0 unspecified atom stereocenters. The van der Waals surface area contributed by atoms with Crippen LogP contribution in [0.2, 0.25) is 0 Å². The van der Waals surface area contributed by atoms with E-state index in [1.807, 2.05) is 17.8 Å². The van der Waals surface area contributed by atoms with Crippen LogP contribution in [0.25, 0.3) is 0 Å². The molecule has 0 atom stereocenters. The number of ether oxygens (including phenoxy) is 1. The summed E-state index contributed by atoms with van der Waals surface area (Å²) in [6, 6.07) is 2.16. The van der Waals surface area contributed by atoms with E-state index in [1.165, 1.54) is 7.11 Å². The maximum atomic E-state index is 5.27. The zero-order valence-corrected chi connectivity index (χ0v) is 10.8. The molecule has 0 aliphatic rings. The number of aryl methyl sites for hydroxylation is 1. The van der Waals surface area contributed by atoms with Crippen LogP contribution in [0, 0.1) is 0 Å². The summed E-state index contributed by atoms with van der Waals surface area (Å²) in [6.07, 6.45) is 2.56. The van der Waals surface area contributed by atoms with E-state index in [0.717, 1.165) is 12.1 Å². The molecule has 0 aromatic carbocycles. The minimum Gasteiger partial charge on any atom is -0.467 e. The van der Waals surface area contributed by atoms with Crippen molar-refractivity contribution in [1.29, 1.82) is 0 Å². The van der Waals surface area contributed by atoms with Gasteiger partial charge in [-0.2, -0.15) is 20.1 Å². The summed E-state index contributed by atoms with van der Waals surface area (Å²) >= 11 is 0. The van der Waals surface area contributed by atoms with Gasteiger partial charge in [-0.1, -0.05) is 0 Å². The third-order valence-electron chi connectivity index (χ3n) is 2.51. The Morgan fingerprint density at radius 1 is 1.32 bits per heavy atom. The Balaban J connectivity index is 1.97. The van der Waals surface area contributed by atoms with Gasteiger partial charge >= 0.3 is 6.01 Å². The predicted molar refractivity (Wildman–Crippen MR) is 69.6 cm³/mol. The van der Waals surface area contributed by atoms with Gasteiger partial charge in [0.05, 0.1) is 7.11 Å². The fraction of sp³-hybridized carbons (Fsp3) is 0.400. The van der Waals surface area contributed by atoms with Crippen molar-refractivity contribution in [2.45, 2.75) is 6.42 Å². The quantitative estimate of drug-likeness (QED) is 0.475. The average Bonchev–Trinajstić information content (AvgIpc) is 2.84. The molecule has 9 heteroatoms. The van der Waals surface area contributed by atoms with Gasteiger partial charge in [0.25, 0.3) is 0 Å². The number of hydrazine groups is 1. The molecule has 0 saturated heterocycles. The van der Waals surface area contributed by atoms with Crippen LogP contribution in [0.15, 0.2) is 12.3 Å². The lowest BCUT2D eigenvalue weighted by Gasteiger charge is -2.07. The number of nitrogen functional groups attached to an aromatic ring is 1. The molecule has 102 valence electrons. The van der Waals surface area contributed by atoms with Gasteiger partial charge in [-0.15, -0.1) is 0 Å². The van der Waals surface area contributed by atoms with Crippen LogP contribution in [0.3, 0.4) is 0 Å². The number of hydrogen-bond donors (Lipinski definition) is 3. The minimum absolute atomic E-state index is 0.200. The topological polar surface area (TPSA) is 116 Å². The first-order valence-electron chi connectivity index (χ1n) is 5.70. The first-order valence-corrected chi connectivity index (χ1v) is 5.70. The lowest BCUT2D eigenvalue weighted by atomic mass is 10.3. The number of aromatic nitrogens is 5. The van der Waals surface area contributed by atoms with Crippen molar-refractivity contribution >= 4 is 11.9 Å². The van der Waals surface area contributed by atoms with Gasteiger partial charge in [0.1, 0.15) is 0 Å². The van der Waals surface area contributed by atoms with E-state index in [4.69, 9.17) is 10.6 Å². The van der Waals surface area contributed by atoms with Gasteiger partial charge in [0.2, 0.25) is 11.9 Å². The summed E-state index contributed by atoms with van der Waals surface area (Å²) in [5.41, 5.74) is 3.48. The lowest BCUT2D eigenvalue weighted by Crippen LogP contribution is -2.15. The molecular formula is C10H16N8O. The third-order valence-corrected chi connectivity index (χ3v) is 2.51. The van der Waals surface area contributed by atoms with E-state index in [9.17, 15) is 0 Å². The van der Waals surface area contributed by atoms with Crippen LogP contribution in [0.5, 0.6) is 6.01 Å². The normalized spacial score (nSPS) is 10.3. The van der Waals surface area contributed by atoms with Crippen molar-refractivity contribution in [1.82, 2.24) is 24.7 Å². The van der Waals surface area contributed by atoms with Gasteiger partial charge in [-0.05, 0) is 6.07 Å². The fourth-order valence-electron chi connectivity index (χ4n) is 1.54. The highest BCUT2D eigenvalue weighted by atomic mass is 16.5. The number of nitrogens with one attached hydrogen (secondary N) is 2. The number of nitrogens with two attached hydrogens (primary N) is 1. The molecule has 2 heterocycles. The van der Waals surface area contributed by atoms with E-state index >= 15 is 0 Å². The van der Waals surface area contributed by atoms with E-state index in [2.05, 4.69) is 30.8 Å². The predicted octanol–water partition coefficient (Wildman–Crippen LogP) is -0.446. The molecule has 0 aliphatic heterocycles. The van der Waals surface area contributed by atoms with Crippen LogP contribution in [0.1, 0.15) is 5.69 Å². The number of methoxy groups -OCH3 is 1. The van der Waals surface area contributed by atoms with Crippen molar-refractivity contribution in [2.24, 2.45) is 12.9 Å². The number of rotatable bonds is 6. The molecule has 0 radical (unpaired) electrons. The molecule has 2 aromatic heterocycles. The molecule has 4 N–H and O–H groups in total. The van der Waals surface area contributed by atoms with Crippen molar-refractivity contribution < 1.29 is 4.74 Å². The number of hydrogen-bond acceptors (Lipinski definition) is 8. The van der Waals surface area contributed by atoms with Gasteiger partial charge in [0, 0.05) is 31.9 Å². The van der Waals surface area contributed by atoms with Crippen LogP contribution in [0.4, 0.5) is 11.9 Å². The maximum Gasteiger partial charge on any atom is 0.322 e. The first kappa shape index (κ1) is 13.0. The molecule has 0 bridgehead atoms. The van der Waals surface area contributed by atoms with Crippen LogP contribution >= 0.6 is 0 Å². The van der Waals surface area contributed by atoms with Gasteiger partial charge in [0.15, 0.2) is 0 Å². The molecular weight excluding hydrogens is 248 g/mol. The monoisotopic (exact) mass is 264 g/mol. The van der Waals surface area contributed by atoms with Gasteiger partial charge < -0.3 is 10.1 Å². The van der Waals surface area contributed by atoms with Gasteiger partial charge in [-0.3, -0.25) is 10.1 Å². The third kappa shape index (κ3) is 3.28. The molecule has 9 nitrogen and oxygen atoms in total. The molecule has 0 saturated carbocycles. The summed E-state index contributed by atoms with van der Waals surface area (Å²) in [5.74, 6) is 5.92. The Bertz CT molecular complexity index is 518. The second-order valence-electron chi connectivity index (χ2n) is 3.74. The Kier molecular flexibility index (Phi) is 4.08. The first-order chi connectivity index (χ1) is 9.22. The molecule has 19 heavy (non-hydrogen) atoms. The molecule has 2 rings (SSSR count). The van der Waals surface area contributed by atoms with E-state index in [0.29, 0.717) is 12.5 Å².